The van der Waals surface area contributed by atoms with Gasteiger partial charge in [0.2, 0.25) is 11.8 Å². The molecule has 2 heterocycles. The fraction of sp³-hybridized carbons (Fsp3) is 0.118. The van der Waals surface area contributed by atoms with Gasteiger partial charge in [-0.3, -0.25) is 0 Å². The van der Waals surface area contributed by atoms with Gasteiger partial charge in [0, 0.05) is 6.92 Å². The maximum absolute atomic E-state index is 12.5. The van der Waals surface area contributed by atoms with Crippen molar-refractivity contribution in [2.75, 3.05) is 0 Å². The first-order valence-electron chi connectivity index (χ1n) is 7.57. The molecule has 0 aliphatic heterocycles. The zero-order chi connectivity index (χ0) is 17.2. The lowest BCUT2D eigenvalue weighted by Gasteiger charge is -2.07. The van der Waals surface area contributed by atoms with Crippen LogP contribution >= 0.6 is 0 Å². The Morgan fingerprint density at radius 3 is 2.80 bits per heavy atom. The molecule has 0 spiro atoms. The zero-order valence-corrected chi connectivity index (χ0v) is 13.3. The highest BCUT2D eigenvalue weighted by molar-refractivity contribution is 5.96. The summed E-state index contributed by atoms with van der Waals surface area (Å²) in [6.07, 6.45) is 0. The molecule has 0 radical (unpaired) electrons. The summed E-state index contributed by atoms with van der Waals surface area (Å²) in [6, 6.07) is 12.4. The van der Waals surface area contributed by atoms with Crippen molar-refractivity contribution in [3.8, 4) is 11.5 Å². The first-order chi connectivity index (χ1) is 12.2. The Bertz CT molecular complexity index is 1050. The normalized spacial score (nSPS) is 10.9. The first kappa shape index (κ1) is 15.0. The number of rotatable bonds is 4. The van der Waals surface area contributed by atoms with Crippen molar-refractivity contribution in [3.63, 3.8) is 0 Å². The number of aryl methyl sites for hydroxylation is 1. The number of aromatic nitrogens is 5. The smallest absolute Gasteiger partial charge is 0.339 e. The second-order valence-corrected chi connectivity index (χ2v) is 5.39. The number of carbonyl (C=O) groups excluding carboxylic acids is 1. The van der Waals surface area contributed by atoms with Gasteiger partial charge in [-0.05, 0) is 29.8 Å². The summed E-state index contributed by atoms with van der Waals surface area (Å²) >= 11 is 0. The maximum atomic E-state index is 12.5. The van der Waals surface area contributed by atoms with Crippen LogP contribution in [0.15, 0.2) is 46.9 Å². The van der Waals surface area contributed by atoms with Crippen LogP contribution < -0.4 is 0 Å². The minimum atomic E-state index is -0.466. The van der Waals surface area contributed by atoms with Crippen LogP contribution in [0.1, 0.15) is 21.8 Å². The number of aromatic amines is 1. The average Bonchev–Trinajstić information content (AvgIpc) is 3.28. The van der Waals surface area contributed by atoms with E-state index in [4.69, 9.17) is 9.15 Å². The van der Waals surface area contributed by atoms with Crippen molar-refractivity contribution < 1.29 is 13.9 Å². The lowest BCUT2D eigenvalue weighted by molar-refractivity contribution is 0.0473. The Labute approximate surface area is 141 Å². The summed E-state index contributed by atoms with van der Waals surface area (Å²) in [5.74, 6) is 0.250. The monoisotopic (exact) mass is 335 g/mol. The number of benzene rings is 2. The molecule has 0 fully saturated rings. The number of nitrogens with zero attached hydrogens (tertiary/aromatic N) is 4. The van der Waals surface area contributed by atoms with E-state index in [1.807, 2.05) is 18.2 Å². The van der Waals surface area contributed by atoms with Crippen LogP contribution in [-0.2, 0) is 11.3 Å². The van der Waals surface area contributed by atoms with Gasteiger partial charge in [-0.1, -0.05) is 18.2 Å². The number of esters is 1. The number of hydrogen-bond donors (Lipinski definition) is 1. The minimum Gasteiger partial charge on any atom is -0.457 e. The summed E-state index contributed by atoms with van der Waals surface area (Å²) in [4.78, 5) is 12.5. The zero-order valence-electron chi connectivity index (χ0n) is 13.3. The second-order valence-electron chi connectivity index (χ2n) is 5.39. The van der Waals surface area contributed by atoms with E-state index in [1.165, 1.54) is 0 Å². The Hall–Kier alpha value is -3.55. The topological polar surface area (TPSA) is 107 Å². The SMILES string of the molecule is Cc1nnc(-c2ccccc2C(=O)OCc2ccc3n[nH]nc3c2)o1. The van der Waals surface area contributed by atoms with Crippen molar-refractivity contribution in [1.29, 1.82) is 0 Å². The Morgan fingerprint density at radius 2 is 1.96 bits per heavy atom. The van der Waals surface area contributed by atoms with Crippen LogP contribution in [-0.4, -0.2) is 31.6 Å². The number of fused-ring (bicyclic) bond motifs is 1. The molecule has 0 saturated heterocycles. The molecular weight excluding hydrogens is 322 g/mol. The van der Waals surface area contributed by atoms with E-state index in [0.29, 0.717) is 17.0 Å². The van der Waals surface area contributed by atoms with Gasteiger partial charge in [-0.25, -0.2) is 4.79 Å². The van der Waals surface area contributed by atoms with Gasteiger partial charge in [0.05, 0.1) is 11.1 Å². The van der Waals surface area contributed by atoms with Crippen molar-refractivity contribution in [2.45, 2.75) is 13.5 Å². The van der Waals surface area contributed by atoms with E-state index in [2.05, 4.69) is 25.6 Å². The quantitative estimate of drug-likeness (QED) is 0.571. The van der Waals surface area contributed by atoms with E-state index in [1.54, 1.807) is 31.2 Å². The molecule has 2 aromatic heterocycles. The second kappa shape index (κ2) is 6.16. The molecule has 0 unspecified atom stereocenters. The Balaban J connectivity index is 1.55. The lowest BCUT2D eigenvalue weighted by atomic mass is 10.1. The van der Waals surface area contributed by atoms with Gasteiger partial charge >= 0.3 is 5.97 Å². The third-order valence-corrected chi connectivity index (χ3v) is 3.65. The van der Waals surface area contributed by atoms with Crippen LogP contribution in [0.3, 0.4) is 0 Å². The Kier molecular flexibility index (Phi) is 3.70. The van der Waals surface area contributed by atoms with Crippen molar-refractivity contribution in [3.05, 3.63) is 59.5 Å². The van der Waals surface area contributed by atoms with Crippen molar-refractivity contribution in [2.24, 2.45) is 0 Å². The first-order valence-corrected chi connectivity index (χ1v) is 7.57. The molecule has 0 amide bonds. The number of hydrogen-bond acceptors (Lipinski definition) is 7. The summed E-state index contributed by atoms with van der Waals surface area (Å²) in [5.41, 5.74) is 3.21. The molecule has 0 atom stereocenters. The van der Waals surface area contributed by atoms with Crippen molar-refractivity contribution >= 4 is 17.0 Å². The molecule has 0 aliphatic carbocycles. The number of nitrogens with one attached hydrogen (secondary N) is 1. The van der Waals surface area contributed by atoms with Gasteiger partial charge in [0.1, 0.15) is 17.6 Å². The highest BCUT2D eigenvalue weighted by Gasteiger charge is 2.17. The third-order valence-electron chi connectivity index (χ3n) is 3.65. The van der Waals surface area contributed by atoms with Crippen LogP contribution in [0, 0.1) is 6.92 Å². The van der Waals surface area contributed by atoms with Crippen LogP contribution in [0.25, 0.3) is 22.5 Å². The summed E-state index contributed by atoms with van der Waals surface area (Å²) in [6.45, 7) is 1.82. The van der Waals surface area contributed by atoms with Gasteiger partial charge in [-0.2, -0.15) is 15.4 Å². The molecule has 2 aromatic carbocycles. The van der Waals surface area contributed by atoms with Gasteiger partial charge in [0.25, 0.3) is 0 Å². The van der Waals surface area contributed by atoms with Gasteiger partial charge in [-0.15, -0.1) is 10.2 Å². The predicted octanol–water partition coefficient (Wildman–Crippen LogP) is 2.67. The maximum Gasteiger partial charge on any atom is 0.339 e. The van der Waals surface area contributed by atoms with Gasteiger partial charge < -0.3 is 9.15 Å². The molecule has 1 N–H and O–H groups in total. The van der Waals surface area contributed by atoms with E-state index in [-0.39, 0.29) is 12.5 Å². The number of H-pyrrole nitrogens is 1. The van der Waals surface area contributed by atoms with E-state index < -0.39 is 5.97 Å². The lowest BCUT2D eigenvalue weighted by Crippen LogP contribution is -2.07. The summed E-state index contributed by atoms with van der Waals surface area (Å²) in [7, 11) is 0. The van der Waals surface area contributed by atoms with Crippen LogP contribution in [0.2, 0.25) is 0 Å². The summed E-state index contributed by atoms with van der Waals surface area (Å²) in [5, 5.41) is 18.3. The van der Waals surface area contributed by atoms with Crippen molar-refractivity contribution in [1.82, 2.24) is 25.6 Å². The Morgan fingerprint density at radius 1 is 1.12 bits per heavy atom. The standard InChI is InChI=1S/C17H13N5O3/c1-10-18-21-16(25-10)12-4-2-3-5-13(12)17(23)24-9-11-6-7-14-15(8-11)20-22-19-14/h2-8H,9H2,1H3,(H,19,20,22). The molecule has 0 aliphatic rings. The van der Waals surface area contributed by atoms with E-state index in [9.17, 15) is 4.79 Å². The van der Waals surface area contributed by atoms with E-state index >= 15 is 0 Å². The molecule has 25 heavy (non-hydrogen) atoms. The molecule has 4 rings (SSSR count). The highest BCUT2D eigenvalue weighted by Crippen LogP contribution is 2.23. The number of carbonyl (C=O) groups is 1. The largest absolute Gasteiger partial charge is 0.457 e. The molecule has 0 saturated carbocycles. The fourth-order valence-electron chi connectivity index (χ4n) is 2.46. The number of ether oxygens (including phenoxy) is 1. The van der Waals surface area contributed by atoms with E-state index in [0.717, 1.165) is 16.6 Å². The molecular formula is C17H13N5O3. The average molecular weight is 335 g/mol. The van der Waals surface area contributed by atoms with Crippen LogP contribution in [0.5, 0.6) is 0 Å². The van der Waals surface area contributed by atoms with Crippen LogP contribution in [0.4, 0.5) is 0 Å². The fourth-order valence-corrected chi connectivity index (χ4v) is 2.46. The predicted molar refractivity (Wildman–Crippen MR) is 87.5 cm³/mol. The molecule has 124 valence electrons. The molecule has 8 heteroatoms. The molecule has 8 nitrogen and oxygen atoms in total. The molecule has 4 aromatic rings. The summed E-state index contributed by atoms with van der Waals surface area (Å²) < 4.78 is 10.8. The third kappa shape index (κ3) is 2.97. The minimum absolute atomic E-state index is 0.124. The van der Waals surface area contributed by atoms with Gasteiger partial charge in [0.15, 0.2) is 0 Å². The highest BCUT2D eigenvalue weighted by atomic mass is 16.5. The molecule has 0 bridgehead atoms.